The summed E-state index contributed by atoms with van der Waals surface area (Å²) in [6, 6.07) is 14.5. The Labute approximate surface area is 91.3 Å². The van der Waals surface area contributed by atoms with Crippen LogP contribution in [-0.4, -0.2) is 4.98 Å². The third kappa shape index (κ3) is 1.46. The zero-order chi connectivity index (χ0) is 11.0. The molecule has 0 bridgehead atoms. The highest BCUT2D eigenvalue weighted by molar-refractivity contribution is 5.75. The fourth-order valence-corrected chi connectivity index (χ4v) is 1.53. The molecule has 77 valence electrons. The molecule has 0 unspecified atom stereocenters. The second-order valence-electron chi connectivity index (χ2n) is 3.41. The molecular formula is C13H7FNO. The van der Waals surface area contributed by atoms with Gasteiger partial charge in [-0.15, -0.1) is 0 Å². The number of rotatable bonds is 1. The molecule has 3 rings (SSSR count). The molecule has 0 amide bonds. The van der Waals surface area contributed by atoms with E-state index in [0.717, 1.165) is 5.56 Å². The Balaban J connectivity index is 2.15. The predicted octanol–water partition coefficient (Wildman–Crippen LogP) is 3.43. The van der Waals surface area contributed by atoms with Crippen LogP contribution in [0, 0.1) is 11.9 Å². The van der Waals surface area contributed by atoms with Crippen molar-refractivity contribution in [2.24, 2.45) is 0 Å². The largest absolute Gasteiger partial charge is 0.436 e. The lowest BCUT2D eigenvalue weighted by Gasteiger charge is -1.93. The molecule has 0 saturated heterocycles. The first-order valence-electron chi connectivity index (χ1n) is 4.86. The summed E-state index contributed by atoms with van der Waals surface area (Å²) in [5.41, 5.74) is 2.12. The highest BCUT2D eigenvalue weighted by atomic mass is 19.1. The van der Waals surface area contributed by atoms with Crippen molar-refractivity contribution in [3.05, 3.63) is 54.3 Å². The van der Waals surface area contributed by atoms with Crippen LogP contribution in [0.25, 0.3) is 22.6 Å². The van der Waals surface area contributed by atoms with Crippen LogP contribution in [0.1, 0.15) is 0 Å². The quantitative estimate of drug-likeness (QED) is 0.617. The van der Waals surface area contributed by atoms with Gasteiger partial charge < -0.3 is 4.42 Å². The third-order valence-corrected chi connectivity index (χ3v) is 2.31. The van der Waals surface area contributed by atoms with Gasteiger partial charge in [-0.05, 0) is 30.3 Å². The van der Waals surface area contributed by atoms with E-state index in [1.54, 1.807) is 18.2 Å². The lowest BCUT2D eigenvalue weighted by Crippen LogP contribution is -1.77. The number of halogens is 1. The third-order valence-electron chi connectivity index (χ3n) is 2.31. The summed E-state index contributed by atoms with van der Waals surface area (Å²) in [7, 11) is 0. The van der Waals surface area contributed by atoms with Gasteiger partial charge in [-0.25, -0.2) is 9.37 Å². The molecule has 0 saturated carbocycles. The minimum atomic E-state index is -0.272. The van der Waals surface area contributed by atoms with Gasteiger partial charge in [0, 0.05) is 11.6 Å². The van der Waals surface area contributed by atoms with E-state index in [1.807, 2.05) is 12.1 Å². The maximum absolute atomic E-state index is 12.7. The van der Waals surface area contributed by atoms with Crippen molar-refractivity contribution in [2.45, 2.75) is 0 Å². The van der Waals surface area contributed by atoms with Crippen molar-refractivity contribution in [1.29, 1.82) is 0 Å². The van der Waals surface area contributed by atoms with Gasteiger partial charge in [-0.2, -0.15) is 0 Å². The first-order chi connectivity index (χ1) is 7.83. The van der Waals surface area contributed by atoms with Gasteiger partial charge >= 0.3 is 0 Å². The molecule has 0 aliphatic rings. The average molecular weight is 212 g/mol. The van der Waals surface area contributed by atoms with Crippen LogP contribution in [0.4, 0.5) is 4.39 Å². The van der Waals surface area contributed by atoms with E-state index in [-0.39, 0.29) is 5.82 Å². The molecule has 3 heteroatoms. The van der Waals surface area contributed by atoms with Gasteiger partial charge in [-0.1, -0.05) is 12.1 Å². The summed E-state index contributed by atoms with van der Waals surface area (Å²) in [5, 5.41) is 0. The van der Waals surface area contributed by atoms with Crippen LogP contribution >= 0.6 is 0 Å². The molecule has 1 heterocycles. The summed E-state index contributed by atoms with van der Waals surface area (Å²) in [6.45, 7) is 0. The topological polar surface area (TPSA) is 26.0 Å². The second kappa shape index (κ2) is 3.45. The fraction of sp³-hybridized carbons (Fsp3) is 0. The molecule has 1 aromatic heterocycles. The van der Waals surface area contributed by atoms with Gasteiger partial charge in [0.15, 0.2) is 5.58 Å². The Bertz CT molecular complexity index is 595. The van der Waals surface area contributed by atoms with Gasteiger partial charge in [0.1, 0.15) is 11.3 Å². The lowest BCUT2D eigenvalue weighted by atomic mass is 10.2. The number of fused-ring (bicyclic) bond motifs is 1. The summed E-state index contributed by atoms with van der Waals surface area (Å²) < 4.78 is 18.3. The first-order valence-corrected chi connectivity index (χ1v) is 4.86. The Morgan fingerprint density at radius 3 is 2.69 bits per heavy atom. The van der Waals surface area contributed by atoms with E-state index in [0.29, 0.717) is 17.0 Å². The number of hydrogen-bond acceptors (Lipinski definition) is 2. The zero-order valence-electron chi connectivity index (χ0n) is 8.27. The molecule has 3 aromatic rings. The van der Waals surface area contributed by atoms with Gasteiger partial charge in [0.2, 0.25) is 5.89 Å². The van der Waals surface area contributed by atoms with E-state index < -0.39 is 0 Å². The molecule has 0 fully saturated rings. The standard InChI is InChI=1S/C13H7FNO/c14-10-7-5-9(6-8-10)13-15-11-3-1-2-4-12(11)16-13/h1-2,4-8H. The molecule has 16 heavy (non-hydrogen) atoms. The molecule has 2 nitrogen and oxygen atoms in total. The van der Waals surface area contributed by atoms with Gasteiger partial charge in [0.25, 0.3) is 0 Å². The van der Waals surface area contributed by atoms with Crippen molar-refractivity contribution < 1.29 is 8.81 Å². The SMILES string of the molecule is Fc1ccc(-c2nc3[c]cccc3o2)cc1. The summed E-state index contributed by atoms with van der Waals surface area (Å²) >= 11 is 0. The van der Waals surface area contributed by atoms with Crippen molar-refractivity contribution in [2.75, 3.05) is 0 Å². The van der Waals surface area contributed by atoms with Crippen LogP contribution in [0.2, 0.25) is 0 Å². The second-order valence-corrected chi connectivity index (χ2v) is 3.41. The number of benzene rings is 2. The van der Waals surface area contributed by atoms with Gasteiger partial charge in [0.05, 0.1) is 0 Å². The van der Waals surface area contributed by atoms with Crippen molar-refractivity contribution in [3.63, 3.8) is 0 Å². The summed E-state index contributed by atoms with van der Waals surface area (Å²) in [4.78, 5) is 4.27. The van der Waals surface area contributed by atoms with Crippen LogP contribution < -0.4 is 0 Å². The molecule has 0 N–H and O–H groups in total. The Morgan fingerprint density at radius 1 is 1.12 bits per heavy atom. The van der Waals surface area contributed by atoms with Crippen molar-refractivity contribution in [1.82, 2.24) is 4.98 Å². The maximum atomic E-state index is 12.7. The number of aromatic nitrogens is 1. The molecule has 1 radical (unpaired) electrons. The monoisotopic (exact) mass is 212 g/mol. The van der Waals surface area contributed by atoms with Crippen LogP contribution in [0.15, 0.2) is 46.9 Å². The van der Waals surface area contributed by atoms with Crippen LogP contribution in [-0.2, 0) is 0 Å². The van der Waals surface area contributed by atoms with E-state index in [2.05, 4.69) is 11.1 Å². The summed E-state index contributed by atoms with van der Waals surface area (Å²) in [5.74, 6) is 0.212. The zero-order valence-corrected chi connectivity index (χ0v) is 8.27. The first kappa shape index (κ1) is 9.09. The average Bonchev–Trinajstić information content (AvgIpc) is 2.73. The maximum Gasteiger partial charge on any atom is 0.227 e. The van der Waals surface area contributed by atoms with E-state index in [9.17, 15) is 4.39 Å². The van der Waals surface area contributed by atoms with Crippen molar-refractivity contribution in [3.8, 4) is 11.5 Å². The lowest BCUT2D eigenvalue weighted by molar-refractivity contribution is 0.616. The number of para-hydroxylation sites is 1. The fourth-order valence-electron chi connectivity index (χ4n) is 1.53. The number of oxazole rings is 1. The normalized spacial score (nSPS) is 10.8. The highest BCUT2D eigenvalue weighted by Gasteiger charge is 2.07. The Morgan fingerprint density at radius 2 is 1.94 bits per heavy atom. The predicted molar refractivity (Wildman–Crippen MR) is 58.2 cm³/mol. The van der Waals surface area contributed by atoms with Crippen molar-refractivity contribution >= 4 is 11.1 Å². The minimum Gasteiger partial charge on any atom is -0.436 e. The molecule has 2 aromatic carbocycles. The number of hydrogen-bond donors (Lipinski definition) is 0. The molecule has 0 aliphatic carbocycles. The molecule has 0 atom stereocenters. The molecule has 0 spiro atoms. The molecule has 0 aliphatic heterocycles. The number of nitrogens with zero attached hydrogens (tertiary/aromatic N) is 1. The Kier molecular flexibility index (Phi) is 1.96. The molecular weight excluding hydrogens is 205 g/mol. The van der Waals surface area contributed by atoms with E-state index in [1.165, 1.54) is 12.1 Å². The van der Waals surface area contributed by atoms with Gasteiger partial charge in [-0.3, -0.25) is 0 Å². The Hall–Kier alpha value is -2.16. The highest BCUT2D eigenvalue weighted by Crippen LogP contribution is 2.23. The van der Waals surface area contributed by atoms with Crippen LogP contribution in [0.3, 0.4) is 0 Å². The minimum absolute atomic E-state index is 0.272. The summed E-state index contributed by atoms with van der Waals surface area (Å²) in [6.07, 6.45) is 0. The van der Waals surface area contributed by atoms with Crippen LogP contribution in [0.5, 0.6) is 0 Å². The van der Waals surface area contributed by atoms with E-state index >= 15 is 0 Å². The smallest absolute Gasteiger partial charge is 0.227 e. The van der Waals surface area contributed by atoms with E-state index in [4.69, 9.17) is 4.42 Å².